The smallest absolute Gasteiger partial charge is 0.259 e. The van der Waals surface area contributed by atoms with E-state index in [0.717, 1.165) is 28.8 Å². The molecule has 0 fully saturated rings. The number of phenols is 1. The van der Waals surface area contributed by atoms with Gasteiger partial charge in [0.1, 0.15) is 5.75 Å². The summed E-state index contributed by atoms with van der Waals surface area (Å²) in [6.45, 7) is 0.931. The van der Waals surface area contributed by atoms with Crippen LogP contribution in [0.3, 0.4) is 0 Å². The van der Waals surface area contributed by atoms with E-state index in [9.17, 15) is 9.90 Å². The lowest BCUT2D eigenvalue weighted by atomic mass is 10.1. The van der Waals surface area contributed by atoms with Gasteiger partial charge in [-0.25, -0.2) is 0 Å². The Labute approximate surface area is 125 Å². The molecule has 0 radical (unpaired) electrons. The molecule has 0 saturated carbocycles. The number of halogens is 1. The Bertz CT molecular complexity index is 686. The van der Waals surface area contributed by atoms with Crippen molar-refractivity contribution >= 4 is 33.2 Å². The minimum Gasteiger partial charge on any atom is -0.507 e. The summed E-state index contributed by atoms with van der Waals surface area (Å²) in [6.07, 6.45) is 0.961. The predicted molar refractivity (Wildman–Crippen MR) is 82.4 cm³/mol. The molecule has 2 aromatic rings. The van der Waals surface area contributed by atoms with Crippen LogP contribution in [0.15, 0.2) is 40.9 Å². The molecule has 0 aromatic heterocycles. The van der Waals surface area contributed by atoms with E-state index in [1.165, 1.54) is 11.6 Å². The fourth-order valence-electron chi connectivity index (χ4n) is 2.28. The number of nitrogens with one attached hydrogen (secondary N) is 2. The number of carbonyl (C=O) groups excluding carboxylic acids is 1. The molecule has 0 bridgehead atoms. The molecule has 20 heavy (non-hydrogen) atoms. The summed E-state index contributed by atoms with van der Waals surface area (Å²) in [7, 11) is 0. The van der Waals surface area contributed by atoms with Crippen molar-refractivity contribution in [3.63, 3.8) is 0 Å². The summed E-state index contributed by atoms with van der Waals surface area (Å²) in [4.78, 5) is 12.1. The summed E-state index contributed by atoms with van der Waals surface area (Å²) < 4.78 is 0.732. The lowest BCUT2D eigenvalue weighted by Crippen LogP contribution is -2.12. The molecule has 0 unspecified atom stereocenters. The Balaban J connectivity index is 1.82. The van der Waals surface area contributed by atoms with E-state index in [1.807, 2.05) is 18.2 Å². The van der Waals surface area contributed by atoms with Gasteiger partial charge in [0.25, 0.3) is 5.91 Å². The van der Waals surface area contributed by atoms with Gasteiger partial charge in [-0.3, -0.25) is 4.79 Å². The summed E-state index contributed by atoms with van der Waals surface area (Å²) in [5.41, 5.74) is 3.31. The Morgan fingerprint density at radius 3 is 2.90 bits per heavy atom. The number of fused-ring (bicyclic) bond motifs is 1. The number of hydrogen-bond donors (Lipinski definition) is 3. The van der Waals surface area contributed by atoms with Crippen molar-refractivity contribution < 1.29 is 9.90 Å². The van der Waals surface area contributed by atoms with Crippen LogP contribution in [-0.2, 0) is 6.42 Å². The number of amides is 1. The fraction of sp³-hybridized carbons (Fsp3) is 0.133. The third-order valence-electron chi connectivity index (χ3n) is 3.28. The second-order valence-electron chi connectivity index (χ2n) is 4.66. The highest BCUT2D eigenvalue weighted by Crippen LogP contribution is 2.27. The zero-order valence-electron chi connectivity index (χ0n) is 10.6. The van der Waals surface area contributed by atoms with Crippen LogP contribution in [0.25, 0.3) is 0 Å². The molecule has 1 aliphatic rings. The van der Waals surface area contributed by atoms with Crippen molar-refractivity contribution in [2.45, 2.75) is 6.42 Å². The number of anilines is 2. The SMILES string of the molecule is O=C(Nc1ccc2c(c1)CCN2)c1ccc(Br)cc1O. The van der Waals surface area contributed by atoms with Gasteiger partial charge in [0.2, 0.25) is 0 Å². The highest BCUT2D eigenvalue weighted by Gasteiger charge is 2.14. The van der Waals surface area contributed by atoms with Crippen molar-refractivity contribution in [3.8, 4) is 5.75 Å². The maximum atomic E-state index is 12.1. The summed E-state index contributed by atoms with van der Waals surface area (Å²) in [5, 5.41) is 15.9. The lowest BCUT2D eigenvalue weighted by molar-refractivity contribution is 0.102. The van der Waals surface area contributed by atoms with E-state index < -0.39 is 0 Å². The van der Waals surface area contributed by atoms with E-state index in [-0.39, 0.29) is 17.2 Å². The topological polar surface area (TPSA) is 61.4 Å². The van der Waals surface area contributed by atoms with Gasteiger partial charge in [-0.05, 0) is 48.4 Å². The van der Waals surface area contributed by atoms with Crippen molar-refractivity contribution in [2.24, 2.45) is 0 Å². The van der Waals surface area contributed by atoms with Crippen LogP contribution in [0.1, 0.15) is 15.9 Å². The van der Waals surface area contributed by atoms with E-state index >= 15 is 0 Å². The standard InChI is InChI=1S/C15H13BrN2O2/c16-10-1-3-12(14(19)8-10)15(20)18-11-2-4-13-9(7-11)5-6-17-13/h1-4,7-8,17,19H,5-6H2,(H,18,20). The molecule has 102 valence electrons. The first-order valence-corrected chi connectivity index (χ1v) is 7.09. The number of rotatable bonds is 2. The fourth-order valence-corrected chi connectivity index (χ4v) is 2.63. The first-order chi connectivity index (χ1) is 9.63. The molecule has 4 nitrogen and oxygen atoms in total. The molecule has 3 N–H and O–H groups in total. The molecule has 0 aliphatic carbocycles. The predicted octanol–water partition coefficient (Wildman–Crippen LogP) is 3.38. The summed E-state index contributed by atoms with van der Waals surface area (Å²) in [6, 6.07) is 10.6. The van der Waals surface area contributed by atoms with Gasteiger partial charge in [-0.1, -0.05) is 15.9 Å². The largest absolute Gasteiger partial charge is 0.507 e. The molecule has 0 saturated heterocycles. The minimum atomic E-state index is -0.319. The maximum Gasteiger partial charge on any atom is 0.259 e. The van der Waals surface area contributed by atoms with E-state index in [2.05, 4.69) is 26.6 Å². The van der Waals surface area contributed by atoms with Crippen LogP contribution in [0.5, 0.6) is 5.75 Å². The first-order valence-electron chi connectivity index (χ1n) is 6.30. The summed E-state index contributed by atoms with van der Waals surface area (Å²) >= 11 is 3.25. The van der Waals surface area contributed by atoms with Crippen LogP contribution >= 0.6 is 15.9 Å². The second kappa shape index (κ2) is 5.17. The molecule has 0 atom stereocenters. The Hall–Kier alpha value is -2.01. The van der Waals surface area contributed by atoms with Gasteiger partial charge < -0.3 is 15.7 Å². The van der Waals surface area contributed by atoms with Gasteiger partial charge in [-0.15, -0.1) is 0 Å². The maximum absolute atomic E-state index is 12.1. The van der Waals surface area contributed by atoms with Gasteiger partial charge in [-0.2, -0.15) is 0 Å². The number of carbonyl (C=O) groups is 1. The van der Waals surface area contributed by atoms with E-state index in [1.54, 1.807) is 12.1 Å². The zero-order valence-corrected chi connectivity index (χ0v) is 12.2. The monoisotopic (exact) mass is 332 g/mol. The molecule has 3 rings (SSSR count). The molecular formula is C15H13BrN2O2. The number of phenolic OH excluding ortho intramolecular Hbond substituents is 1. The quantitative estimate of drug-likeness (QED) is 0.790. The average molecular weight is 333 g/mol. The van der Waals surface area contributed by atoms with Gasteiger partial charge in [0, 0.05) is 22.4 Å². The van der Waals surface area contributed by atoms with Gasteiger partial charge in [0.15, 0.2) is 0 Å². The Morgan fingerprint density at radius 1 is 1.25 bits per heavy atom. The Morgan fingerprint density at radius 2 is 2.10 bits per heavy atom. The van der Waals surface area contributed by atoms with Crippen molar-refractivity contribution in [3.05, 3.63) is 52.0 Å². The molecular weight excluding hydrogens is 320 g/mol. The zero-order chi connectivity index (χ0) is 14.1. The lowest BCUT2D eigenvalue weighted by Gasteiger charge is -2.08. The normalized spacial score (nSPS) is 12.7. The van der Waals surface area contributed by atoms with Crippen LogP contribution < -0.4 is 10.6 Å². The van der Waals surface area contributed by atoms with Crippen LogP contribution in [-0.4, -0.2) is 17.6 Å². The van der Waals surface area contributed by atoms with Gasteiger partial charge >= 0.3 is 0 Å². The van der Waals surface area contributed by atoms with Crippen molar-refractivity contribution in [1.82, 2.24) is 0 Å². The van der Waals surface area contributed by atoms with Crippen LogP contribution in [0, 0.1) is 0 Å². The second-order valence-corrected chi connectivity index (χ2v) is 5.58. The van der Waals surface area contributed by atoms with E-state index in [0.29, 0.717) is 0 Å². The molecule has 1 aliphatic heterocycles. The molecule has 2 aromatic carbocycles. The average Bonchev–Trinajstić information content (AvgIpc) is 2.85. The van der Waals surface area contributed by atoms with Gasteiger partial charge in [0.05, 0.1) is 5.56 Å². The first kappa shape index (κ1) is 13.0. The highest BCUT2D eigenvalue weighted by molar-refractivity contribution is 9.10. The van der Waals surface area contributed by atoms with Crippen molar-refractivity contribution in [2.75, 3.05) is 17.2 Å². The number of hydrogen-bond acceptors (Lipinski definition) is 3. The third kappa shape index (κ3) is 2.49. The van der Waals surface area contributed by atoms with Crippen molar-refractivity contribution in [1.29, 1.82) is 0 Å². The highest BCUT2D eigenvalue weighted by atomic mass is 79.9. The molecule has 5 heteroatoms. The van der Waals surface area contributed by atoms with E-state index in [4.69, 9.17) is 0 Å². The number of aromatic hydroxyl groups is 1. The van der Waals surface area contributed by atoms with Crippen LogP contribution in [0.2, 0.25) is 0 Å². The molecule has 1 heterocycles. The number of benzene rings is 2. The Kier molecular flexibility index (Phi) is 3.36. The summed E-state index contributed by atoms with van der Waals surface area (Å²) in [5.74, 6) is -0.361. The minimum absolute atomic E-state index is 0.0419. The third-order valence-corrected chi connectivity index (χ3v) is 3.77. The van der Waals surface area contributed by atoms with Crippen LogP contribution in [0.4, 0.5) is 11.4 Å². The molecule has 1 amide bonds. The molecule has 0 spiro atoms.